The molecule has 0 heterocycles. The van der Waals surface area contributed by atoms with Crippen molar-refractivity contribution >= 4 is 16.8 Å². The summed E-state index contributed by atoms with van der Waals surface area (Å²) in [4.78, 5) is 11.7. The Kier molecular flexibility index (Phi) is 6.94. The molecular weight excluding hydrogens is 238 g/mol. The smallest absolute Gasteiger partial charge is 0.323 e. The van der Waals surface area contributed by atoms with Crippen molar-refractivity contribution in [2.45, 2.75) is 58.7 Å². The first-order valence-electron chi connectivity index (χ1n) is 5.90. The molecule has 0 rings (SSSR count). The fourth-order valence-corrected chi connectivity index (χ4v) is 2.00. The molecule has 3 atom stereocenters. The van der Waals surface area contributed by atoms with Gasteiger partial charge < -0.3 is 10.1 Å². The van der Waals surface area contributed by atoms with Gasteiger partial charge in [-0.3, -0.25) is 9.00 Å². The van der Waals surface area contributed by atoms with E-state index in [4.69, 9.17) is 4.74 Å². The second kappa shape index (κ2) is 7.11. The predicted octanol–water partition coefficient (Wildman–Crippen LogP) is 1.46. The highest BCUT2D eigenvalue weighted by molar-refractivity contribution is 7.84. The molecular formula is C12H25NO3S. The topological polar surface area (TPSA) is 55.4 Å². The lowest BCUT2D eigenvalue weighted by molar-refractivity contribution is -0.157. The third kappa shape index (κ3) is 9.30. The minimum atomic E-state index is -0.784. The fraction of sp³-hybridized carbons (Fsp3) is 0.917. The van der Waals surface area contributed by atoms with Crippen LogP contribution in [0.3, 0.4) is 0 Å². The van der Waals surface area contributed by atoms with Crippen molar-refractivity contribution in [3.63, 3.8) is 0 Å². The van der Waals surface area contributed by atoms with E-state index in [1.807, 2.05) is 27.7 Å². The van der Waals surface area contributed by atoms with Gasteiger partial charge in [0.15, 0.2) is 0 Å². The van der Waals surface area contributed by atoms with Crippen molar-refractivity contribution in [2.75, 3.05) is 12.0 Å². The average molecular weight is 263 g/mol. The molecule has 0 aliphatic carbocycles. The molecule has 0 aromatic rings. The first kappa shape index (κ1) is 16.6. The molecule has 0 radical (unpaired) electrons. The van der Waals surface area contributed by atoms with Crippen molar-refractivity contribution in [3.05, 3.63) is 0 Å². The van der Waals surface area contributed by atoms with Crippen LogP contribution in [0.4, 0.5) is 0 Å². The monoisotopic (exact) mass is 263 g/mol. The summed E-state index contributed by atoms with van der Waals surface area (Å²) < 4.78 is 16.2. The maximum atomic E-state index is 11.7. The Morgan fingerprint density at radius 2 is 1.88 bits per heavy atom. The molecule has 0 amide bonds. The third-order valence-corrected chi connectivity index (χ3v) is 2.94. The van der Waals surface area contributed by atoms with Gasteiger partial charge in [-0.05, 0) is 41.0 Å². The molecule has 0 fully saturated rings. The van der Waals surface area contributed by atoms with E-state index in [1.54, 1.807) is 13.2 Å². The molecule has 102 valence electrons. The van der Waals surface area contributed by atoms with Crippen LogP contribution in [0.2, 0.25) is 0 Å². The molecule has 4 nitrogen and oxygen atoms in total. The summed E-state index contributed by atoms with van der Waals surface area (Å²) in [5.41, 5.74) is -0.457. The van der Waals surface area contributed by atoms with Gasteiger partial charge in [0.2, 0.25) is 0 Å². The second-order valence-electron chi connectivity index (χ2n) is 5.39. The van der Waals surface area contributed by atoms with Gasteiger partial charge >= 0.3 is 5.97 Å². The third-order valence-electron chi connectivity index (χ3n) is 2.13. The minimum absolute atomic E-state index is 0.154. The number of carbonyl (C=O) groups excluding carboxylic acids is 1. The Morgan fingerprint density at radius 3 is 2.29 bits per heavy atom. The molecule has 1 N–H and O–H groups in total. The average Bonchev–Trinajstić information content (AvgIpc) is 2.11. The molecule has 17 heavy (non-hydrogen) atoms. The van der Waals surface area contributed by atoms with E-state index >= 15 is 0 Å². The molecule has 0 saturated carbocycles. The zero-order chi connectivity index (χ0) is 13.6. The number of ether oxygens (including phenoxy) is 1. The Morgan fingerprint density at radius 1 is 1.35 bits per heavy atom. The summed E-state index contributed by atoms with van der Waals surface area (Å²) in [5, 5.41) is 3.15. The summed E-state index contributed by atoms with van der Waals surface area (Å²) in [6, 6.07) is -0.184. The maximum absolute atomic E-state index is 11.7. The molecule has 0 saturated heterocycles. The van der Waals surface area contributed by atoms with Gasteiger partial charge in [-0.25, -0.2) is 0 Å². The van der Waals surface area contributed by atoms with Crippen LogP contribution in [0.1, 0.15) is 41.0 Å². The number of esters is 1. The van der Waals surface area contributed by atoms with E-state index in [2.05, 4.69) is 5.32 Å². The lowest BCUT2D eigenvalue weighted by Gasteiger charge is -2.24. The van der Waals surface area contributed by atoms with Crippen LogP contribution >= 0.6 is 0 Å². The number of carbonyl (C=O) groups is 1. The summed E-state index contributed by atoms with van der Waals surface area (Å²) >= 11 is 0. The summed E-state index contributed by atoms with van der Waals surface area (Å²) in [7, 11) is -0.784. The summed E-state index contributed by atoms with van der Waals surface area (Å²) in [5.74, 6) is 0.400. The zero-order valence-electron chi connectivity index (χ0n) is 11.7. The van der Waals surface area contributed by atoms with E-state index in [0.29, 0.717) is 5.75 Å². The Hall–Kier alpha value is -0.420. The van der Waals surface area contributed by atoms with Crippen LogP contribution in [0.25, 0.3) is 0 Å². The van der Waals surface area contributed by atoms with E-state index < -0.39 is 16.4 Å². The summed E-state index contributed by atoms with van der Waals surface area (Å²) in [6.07, 6.45) is 2.47. The van der Waals surface area contributed by atoms with Gasteiger partial charge in [0.25, 0.3) is 0 Å². The van der Waals surface area contributed by atoms with Gasteiger partial charge in [0, 0.05) is 28.9 Å². The van der Waals surface area contributed by atoms with Gasteiger partial charge in [0.05, 0.1) is 0 Å². The first-order chi connectivity index (χ1) is 7.61. The minimum Gasteiger partial charge on any atom is -0.459 e. The van der Waals surface area contributed by atoms with Crippen molar-refractivity contribution in [3.8, 4) is 0 Å². The Labute approximate surface area is 107 Å². The van der Waals surface area contributed by atoms with Gasteiger partial charge in [-0.2, -0.15) is 0 Å². The van der Waals surface area contributed by atoms with E-state index in [1.165, 1.54) is 0 Å². The standard InChI is InChI=1S/C12H25NO3S/c1-9(7-8-17(6)15)13-10(2)11(14)16-12(3,4)5/h9-10,13H,7-8H2,1-6H3. The van der Waals surface area contributed by atoms with Gasteiger partial charge in [0.1, 0.15) is 11.6 Å². The molecule has 0 aromatic carbocycles. The van der Waals surface area contributed by atoms with E-state index in [0.717, 1.165) is 6.42 Å². The summed E-state index contributed by atoms with van der Waals surface area (Å²) in [6.45, 7) is 9.31. The van der Waals surface area contributed by atoms with E-state index in [9.17, 15) is 9.00 Å². The molecule has 0 bridgehead atoms. The van der Waals surface area contributed by atoms with Gasteiger partial charge in [-0.1, -0.05) is 0 Å². The van der Waals surface area contributed by atoms with E-state index in [-0.39, 0.29) is 18.1 Å². The van der Waals surface area contributed by atoms with Crippen LogP contribution in [0, 0.1) is 0 Å². The zero-order valence-corrected chi connectivity index (χ0v) is 12.5. The molecule has 0 aliphatic heterocycles. The lowest BCUT2D eigenvalue weighted by atomic mass is 10.2. The quantitative estimate of drug-likeness (QED) is 0.737. The van der Waals surface area contributed by atoms with Crippen molar-refractivity contribution in [1.82, 2.24) is 5.32 Å². The van der Waals surface area contributed by atoms with Crippen molar-refractivity contribution in [1.29, 1.82) is 0 Å². The SMILES string of the molecule is CC(CCS(C)=O)NC(C)C(=O)OC(C)(C)C. The molecule has 5 heteroatoms. The number of nitrogens with one attached hydrogen (secondary N) is 1. The highest BCUT2D eigenvalue weighted by atomic mass is 32.2. The van der Waals surface area contributed by atoms with Gasteiger partial charge in [-0.15, -0.1) is 0 Å². The molecule has 0 aliphatic rings. The number of rotatable bonds is 6. The fourth-order valence-electron chi connectivity index (χ4n) is 1.31. The van der Waals surface area contributed by atoms with Crippen molar-refractivity contribution < 1.29 is 13.7 Å². The van der Waals surface area contributed by atoms with Crippen LogP contribution < -0.4 is 5.32 Å². The highest BCUT2D eigenvalue weighted by Gasteiger charge is 2.22. The predicted molar refractivity (Wildman–Crippen MR) is 71.5 cm³/mol. The van der Waals surface area contributed by atoms with Crippen LogP contribution in [-0.4, -0.2) is 39.9 Å². The molecule has 0 aromatic heterocycles. The van der Waals surface area contributed by atoms with Crippen LogP contribution in [0.5, 0.6) is 0 Å². The number of hydrogen-bond acceptors (Lipinski definition) is 4. The van der Waals surface area contributed by atoms with Crippen LogP contribution in [-0.2, 0) is 20.3 Å². The largest absolute Gasteiger partial charge is 0.459 e. The van der Waals surface area contributed by atoms with Crippen molar-refractivity contribution in [2.24, 2.45) is 0 Å². The highest BCUT2D eigenvalue weighted by Crippen LogP contribution is 2.08. The second-order valence-corrected chi connectivity index (χ2v) is 6.94. The normalized spacial score (nSPS) is 17.3. The molecule has 0 spiro atoms. The maximum Gasteiger partial charge on any atom is 0.323 e. The molecule has 3 unspecified atom stereocenters. The van der Waals surface area contributed by atoms with Crippen LogP contribution in [0.15, 0.2) is 0 Å². The Bertz CT molecular complexity index is 273. The first-order valence-corrected chi connectivity index (χ1v) is 7.63. The lowest BCUT2D eigenvalue weighted by Crippen LogP contribution is -2.43. The Balaban J connectivity index is 4.03. The number of hydrogen-bond donors (Lipinski definition) is 1.